The number of benzene rings is 4. The van der Waals surface area contributed by atoms with Crippen molar-refractivity contribution in [2.75, 3.05) is 5.75 Å². The fourth-order valence-electron chi connectivity index (χ4n) is 5.47. The van der Waals surface area contributed by atoms with E-state index in [1.165, 1.54) is 18.0 Å². The molecule has 1 aliphatic heterocycles. The number of aromatic nitrogens is 1. The lowest BCUT2D eigenvalue weighted by molar-refractivity contribution is -0.645. The second kappa shape index (κ2) is 15.8. The Kier molecular flexibility index (Phi) is 10.8. The van der Waals surface area contributed by atoms with Crippen LogP contribution in [0.15, 0.2) is 133 Å². The summed E-state index contributed by atoms with van der Waals surface area (Å²) in [6, 6.07) is 39.0. The molecule has 47 heavy (non-hydrogen) atoms. The van der Waals surface area contributed by atoms with E-state index in [0.29, 0.717) is 30.3 Å². The van der Waals surface area contributed by atoms with Gasteiger partial charge in [0.05, 0.1) is 18.8 Å². The third-order valence-corrected chi connectivity index (χ3v) is 9.14. The lowest BCUT2D eigenvalue weighted by Gasteiger charge is -2.36. The molecule has 1 aromatic heterocycles. The van der Waals surface area contributed by atoms with Crippen LogP contribution in [-0.2, 0) is 29.2 Å². The number of aliphatic hydroxyl groups is 1. The monoisotopic (exact) mass is 647 g/mol. The molecule has 3 N–H and O–H groups in total. The zero-order valence-corrected chi connectivity index (χ0v) is 26.6. The van der Waals surface area contributed by atoms with Gasteiger partial charge < -0.3 is 30.4 Å². The van der Waals surface area contributed by atoms with E-state index in [-0.39, 0.29) is 24.8 Å². The summed E-state index contributed by atoms with van der Waals surface area (Å²) >= 11 is 1.47. The largest absolute Gasteiger partial charge is 0.618 e. The van der Waals surface area contributed by atoms with Gasteiger partial charge in [-0.15, -0.1) is 0 Å². The summed E-state index contributed by atoms with van der Waals surface area (Å²) < 4.78 is 13.9. The maximum atomic E-state index is 12.4. The third-order valence-electron chi connectivity index (χ3n) is 7.99. The molecule has 240 valence electrons. The first-order chi connectivity index (χ1) is 23.0. The van der Waals surface area contributed by atoms with Crippen molar-refractivity contribution >= 4 is 17.8 Å². The number of carbonyl (C=O) groups is 1. The molecule has 3 atom stereocenters. The second-order valence-corrected chi connectivity index (χ2v) is 12.4. The van der Waals surface area contributed by atoms with Crippen LogP contribution in [0, 0.1) is 5.21 Å². The summed E-state index contributed by atoms with van der Waals surface area (Å²) in [5, 5.41) is 28.2. The van der Waals surface area contributed by atoms with Crippen molar-refractivity contribution in [2.24, 2.45) is 0 Å². The van der Waals surface area contributed by atoms with Gasteiger partial charge in [0.2, 0.25) is 0 Å². The topological polar surface area (TPSA) is 107 Å². The van der Waals surface area contributed by atoms with Crippen molar-refractivity contribution in [2.45, 2.75) is 49.6 Å². The number of carbonyl (C=O) groups excluding carboxylic acids is 1. The summed E-state index contributed by atoms with van der Waals surface area (Å²) in [6.45, 7) is 0.836. The minimum Gasteiger partial charge on any atom is -0.618 e. The number of urea groups is 1. The summed E-state index contributed by atoms with van der Waals surface area (Å²) in [7, 11) is 0. The molecule has 5 aromatic rings. The number of aliphatic hydroxyl groups excluding tert-OH is 1. The average molecular weight is 648 g/mol. The molecular weight excluding hydrogens is 611 g/mol. The highest BCUT2D eigenvalue weighted by Crippen LogP contribution is 2.40. The van der Waals surface area contributed by atoms with Crippen molar-refractivity contribution < 1.29 is 24.1 Å². The minimum atomic E-state index is -0.620. The molecule has 0 aliphatic carbocycles. The molecule has 0 saturated carbocycles. The molecule has 6 rings (SSSR count). The Morgan fingerprint density at radius 2 is 1.47 bits per heavy atom. The maximum Gasteiger partial charge on any atom is 0.315 e. The Morgan fingerprint density at radius 3 is 2.23 bits per heavy atom. The maximum absolute atomic E-state index is 12.4. The first-order valence-electron chi connectivity index (χ1n) is 15.6. The average Bonchev–Trinajstić information content (AvgIpc) is 3.13. The highest BCUT2D eigenvalue weighted by molar-refractivity contribution is 7.99. The Labute approximate surface area is 279 Å². The lowest BCUT2D eigenvalue weighted by atomic mass is 9.99. The highest BCUT2D eigenvalue weighted by Gasteiger charge is 2.33. The normalized spacial score (nSPS) is 17.6. The minimum absolute atomic E-state index is 0.0193. The number of hydrogen-bond donors (Lipinski definition) is 3. The van der Waals surface area contributed by atoms with Crippen LogP contribution in [0.5, 0.6) is 0 Å². The quantitative estimate of drug-likeness (QED) is 0.0826. The van der Waals surface area contributed by atoms with E-state index in [1.54, 1.807) is 6.07 Å². The predicted octanol–water partition coefficient (Wildman–Crippen LogP) is 6.82. The Balaban J connectivity index is 1.15. The summed E-state index contributed by atoms with van der Waals surface area (Å²) in [5.41, 5.74) is 6.77. The van der Waals surface area contributed by atoms with Crippen LogP contribution in [0.4, 0.5) is 4.79 Å². The third kappa shape index (κ3) is 8.78. The van der Waals surface area contributed by atoms with Crippen molar-refractivity contribution in [3.63, 3.8) is 0 Å². The van der Waals surface area contributed by atoms with Crippen molar-refractivity contribution in [1.82, 2.24) is 10.6 Å². The lowest BCUT2D eigenvalue weighted by Crippen LogP contribution is -2.34. The van der Waals surface area contributed by atoms with E-state index in [0.717, 1.165) is 43.7 Å². The van der Waals surface area contributed by atoms with Gasteiger partial charge in [-0.05, 0) is 51.6 Å². The van der Waals surface area contributed by atoms with Gasteiger partial charge in [0, 0.05) is 43.0 Å². The van der Waals surface area contributed by atoms with Gasteiger partial charge in [0.1, 0.15) is 0 Å². The summed E-state index contributed by atoms with van der Waals surface area (Å²) in [4.78, 5) is 12.4. The molecule has 1 saturated heterocycles. The number of rotatable bonds is 11. The van der Waals surface area contributed by atoms with Gasteiger partial charge >= 0.3 is 6.03 Å². The zero-order chi connectivity index (χ0) is 32.4. The first kappa shape index (κ1) is 32.3. The number of ether oxygens (including phenoxy) is 2. The molecule has 4 aromatic carbocycles. The molecular formula is C38H37N3O5S. The van der Waals surface area contributed by atoms with Crippen molar-refractivity contribution in [3.05, 3.63) is 161 Å². The number of hydrogen-bond acceptors (Lipinski definition) is 6. The molecule has 2 amide bonds. The van der Waals surface area contributed by atoms with Gasteiger partial charge in [-0.3, -0.25) is 0 Å². The summed E-state index contributed by atoms with van der Waals surface area (Å²) in [5.74, 6) is 0.588. The van der Waals surface area contributed by atoms with E-state index in [9.17, 15) is 15.1 Å². The SMILES string of the molecule is O=C(NCc1ccccc1)NCc1cccc(-c2cccc([C@H]3O[C@@H](CSc4cccc[n+]4[O-])C[C@@H](c4ccc(CO)cc4)O3)c2)c1. The van der Waals surface area contributed by atoms with Crippen LogP contribution in [0.3, 0.4) is 0 Å². The van der Waals surface area contributed by atoms with Crippen LogP contribution in [0.2, 0.25) is 0 Å². The Morgan fingerprint density at radius 1 is 0.766 bits per heavy atom. The van der Waals surface area contributed by atoms with Gasteiger partial charge in [0.25, 0.3) is 5.03 Å². The molecule has 2 heterocycles. The van der Waals surface area contributed by atoms with Crippen molar-refractivity contribution in [3.8, 4) is 11.1 Å². The highest BCUT2D eigenvalue weighted by atomic mass is 32.2. The van der Waals surface area contributed by atoms with Crippen molar-refractivity contribution in [1.29, 1.82) is 0 Å². The molecule has 0 unspecified atom stereocenters. The molecule has 8 nitrogen and oxygen atoms in total. The van der Waals surface area contributed by atoms with Gasteiger partial charge in [-0.25, -0.2) is 4.79 Å². The standard InChI is InChI=1S/C38H37N3O5S/c42-25-28-15-17-30(18-16-28)35-22-34(26-47-36-14-4-5-19-41(36)44)45-37(46-35)33-13-7-12-32(21-33)31-11-6-10-29(20-31)24-40-38(43)39-23-27-8-2-1-3-9-27/h1-21,34-35,37,42H,22-26H2,(H2,39,40,43)/t34-,35+,37+/m1/s1. The van der Waals surface area contributed by atoms with E-state index < -0.39 is 6.29 Å². The zero-order valence-electron chi connectivity index (χ0n) is 25.8. The van der Waals surface area contributed by atoms with Crippen LogP contribution in [-0.4, -0.2) is 23.0 Å². The molecule has 0 spiro atoms. The van der Waals surface area contributed by atoms with Gasteiger partial charge in [-0.1, -0.05) is 103 Å². The number of pyridine rings is 1. The first-order valence-corrected chi connectivity index (χ1v) is 16.6. The molecule has 0 bridgehead atoms. The van der Waals surface area contributed by atoms with E-state index in [1.807, 2.05) is 103 Å². The predicted molar refractivity (Wildman–Crippen MR) is 182 cm³/mol. The molecule has 9 heteroatoms. The number of nitrogens with zero attached hydrogens (tertiary/aromatic N) is 1. The Hall–Kier alpha value is -4.67. The van der Waals surface area contributed by atoms with E-state index in [4.69, 9.17) is 9.47 Å². The molecule has 0 radical (unpaired) electrons. The fourth-order valence-corrected chi connectivity index (χ4v) is 6.41. The Bertz CT molecular complexity index is 1770. The number of amides is 2. The number of thioether (sulfide) groups is 1. The second-order valence-electron chi connectivity index (χ2n) is 11.4. The summed E-state index contributed by atoms with van der Waals surface area (Å²) in [6.07, 6.45) is 1.10. The van der Waals surface area contributed by atoms with Crippen LogP contribution < -0.4 is 15.4 Å². The van der Waals surface area contributed by atoms with E-state index in [2.05, 4.69) is 22.8 Å². The molecule has 1 aliphatic rings. The van der Waals surface area contributed by atoms with Crippen LogP contribution >= 0.6 is 11.8 Å². The van der Waals surface area contributed by atoms with E-state index >= 15 is 0 Å². The smallest absolute Gasteiger partial charge is 0.315 e. The van der Waals surface area contributed by atoms with Gasteiger partial charge in [-0.2, -0.15) is 4.73 Å². The number of nitrogens with one attached hydrogen (secondary N) is 2. The van der Waals surface area contributed by atoms with Crippen LogP contribution in [0.1, 0.15) is 46.6 Å². The molecule has 1 fully saturated rings. The van der Waals surface area contributed by atoms with Crippen LogP contribution in [0.25, 0.3) is 11.1 Å². The van der Waals surface area contributed by atoms with Gasteiger partial charge in [0.15, 0.2) is 12.5 Å². The fraction of sp³-hybridized carbons (Fsp3) is 0.211.